The Kier molecular flexibility index (Phi) is 21.1. The number of rotatable bonds is 17. The molecule has 0 saturated heterocycles. The number of amides is 2. The van der Waals surface area contributed by atoms with Gasteiger partial charge in [0.25, 0.3) is 5.91 Å². The molecular formula is C23H42N4O6. The fourth-order valence-corrected chi connectivity index (χ4v) is 2.11. The van der Waals surface area contributed by atoms with Crippen molar-refractivity contribution >= 4 is 17.8 Å². The van der Waals surface area contributed by atoms with E-state index >= 15 is 0 Å². The van der Waals surface area contributed by atoms with Gasteiger partial charge in [-0.2, -0.15) is 0 Å². The van der Waals surface area contributed by atoms with Crippen LogP contribution in [0.5, 0.6) is 0 Å². The Labute approximate surface area is 197 Å². The van der Waals surface area contributed by atoms with Crippen molar-refractivity contribution in [2.45, 2.75) is 46.5 Å². The zero-order valence-electron chi connectivity index (χ0n) is 20.4. The van der Waals surface area contributed by atoms with Crippen molar-refractivity contribution in [3.63, 3.8) is 0 Å². The third-order valence-electron chi connectivity index (χ3n) is 4.05. The zero-order chi connectivity index (χ0) is 24.6. The monoisotopic (exact) mass is 470 g/mol. The van der Waals surface area contributed by atoms with Crippen molar-refractivity contribution in [2.75, 3.05) is 65.1 Å². The first-order valence-corrected chi connectivity index (χ1v) is 11.7. The van der Waals surface area contributed by atoms with Crippen LogP contribution in [0.1, 0.15) is 56.8 Å². The minimum absolute atomic E-state index is 0.183. The molecule has 0 bridgehead atoms. The summed E-state index contributed by atoms with van der Waals surface area (Å²) < 4.78 is 21.0. The average Bonchev–Trinajstić information content (AvgIpc) is 2.82. The number of carbonyl (C=O) groups is 2. The van der Waals surface area contributed by atoms with E-state index in [2.05, 4.69) is 29.5 Å². The van der Waals surface area contributed by atoms with Gasteiger partial charge >= 0.3 is 6.09 Å². The lowest BCUT2D eigenvalue weighted by molar-refractivity contribution is 0.0138. The van der Waals surface area contributed by atoms with Crippen LogP contribution in [0.25, 0.3) is 0 Å². The van der Waals surface area contributed by atoms with Crippen molar-refractivity contribution in [1.29, 1.82) is 0 Å². The SMILES string of the molecule is CCCC.CCOC(=O)NCCCOCCOCCOCCCNC(=O)c1ccc(N)nc1. The molecule has 10 nitrogen and oxygen atoms in total. The molecule has 0 radical (unpaired) electrons. The summed E-state index contributed by atoms with van der Waals surface area (Å²) in [5, 5.41) is 5.41. The molecule has 0 spiro atoms. The molecule has 0 aliphatic rings. The summed E-state index contributed by atoms with van der Waals surface area (Å²) in [4.78, 5) is 26.8. The van der Waals surface area contributed by atoms with Gasteiger partial charge in [0.2, 0.25) is 0 Å². The molecule has 33 heavy (non-hydrogen) atoms. The largest absolute Gasteiger partial charge is 0.450 e. The second-order valence-corrected chi connectivity index (χ2v) is 6.92. The van der Waals surface area contributed by atoms with Crippen molar-refractivity contribution in [3.05, 3.63) is 23.9 Å². The number of ether oxygens (including phenoxy) is 4. The normalized spacial score (nSPS) is 10.2. The summed E-state index contributed by atoms with van der Waals surface area (Å²) in [7, 11) is 0. The summed E-state index contributed by atoms with van der Waals surface area (Å²) in [6.45, 7) is 10.5. The molecule has 0 saturated carbocycles. The molecule has 0 aliphatic heterocycles. The number of nitrogens with zero attached hydrogens (tertiary/aromatic N) is 1. The van der Waals surface area contributed by atoms with Crippen LogP contribution < -0.4 is 16.4 Å². The first-order valence-electron chi connectivity index (χ1n) is 11.7. The molecule has 0 fully saturated rings. The Balaban J connectivity index is 0.00000235. The summed E-state index contributed by atoms with van der Waals surface area (Å²) in [6.07, 6.45) is 5.10. The lowest BCUT2D eigenvalue weighted by atomic mass is 10.2. The van der Waals surface area contributed by atoms with E-state index in [-0.39, 0.29) is 5.91 Å². The highest BCUT2D eigenvalue weighted by atomic mass is 16.5. The van der Waals surface area contributed by atoms with Gasteiger partial charge in [-0.15, -0.1) is 0 Å². The molecule has 1 aromatic heterocycles. The Morgan fingerprint density at radius 2 is 1.39 bits per heavy atom. The maximum atomic E-state index is 11.8. The molecule has 0 unspecified atom stereocenters. The van der Waals surface area contributed by atoms with Crippen LogP contribution in [0.4, 0.5) is 10.6 Å². The van der Waals surface area contributed by atoms with E-state index in [1.54, 1.807) is 19.1 Å². The van der Waals surface area contributed by atoms with E-state index < -0.39 is 6.09 Å². The van der Waals surface area contributed by atoms with Crippen molar-refractivity contribution in [1.82, 2.24) is 15.6 Å². The first-order chi connectivity index (χ1) is 16.0. The van der Waals surface area contributed by atoms with Crippen molar-refractivity contribution in [3.8, 4) is 0 Å². The minimum atomic E-state index is -0.405. The van der Waals surface area contributed by atoms with Gasteiger partial charge in [-0.05, 0) is 31.9 Å². The zero-order valence-corrected chi connectivity index (χ0v) is 20.4. The molecule has 4 N–H and O–H groups in total. The Bertz CT molecular complexity index is 599. The molecule has 0 aromatic carbocycles. The van der Waals surface area contributed by atoms with Gasteiger partial charge in [0.05, 0.1) is 38.6 Å². The predicted molar refractivity (Wildman–Crippen MR) is 128 cm³/mol. The fourth-order valence-electron chi connectivity index (χ4n) is 2.11. The quantitative estimate of drug-likeness (QED) is 0.296. The number of hydrogen-bond acceptors (Lipinski definition) is 8. The summed E-state index contributed by atoms with van der Waals surface area (Å²) in [5.74, 6) is 0.199. The Hall–Kier alpha value is -2.43. The first kappa shape index (κ1) is 30.6. The van der Waals surface area contributed by atoms with Crippen LogP contribution in [0, 0.1) is 0 Å². The minimum Gasteiger partial charge on any atom is -0.450 e. The third-order valence-corrected chi connectivity index (χ3v) is 4.05. The third kappa shape index (κ3) is 19.9. The molecule has 10 heteroatoms. The molecule has 190 valence electrons. The molecule has 0 aliphatic carbocycles. The van der Waals surface area contributed by atoms with Crippen LogP contribution in [0.3, 0.4) is 0 Å². The number of unbranched alkanes of at least 4 members (excludes halogenated alkanes) is 1. The second kappa shape index (κ2) is 22.8. The van der Waals surface area contributed by atoms with Gasteiger partial charge in [0, 0.05) is 32.5 Å². The van der Waals surface area contributed by atoms with Gasteiger partial charge in [0.15, 0.2) is 0 Å². The van der Waals surface area contributed by atoms with E-state index in [9.17, 15) is 9.59 Å². The van der Waals surface area contributed by atoms with E-state index in [1.165, 1.54) is 19.0 Å². The molecule has 1 rings (SSSR count). The van der Waals surface area contributed by atoms with Gasteiger partial charge in [0.1, 0.15) is 5.82 Å². The molecule has 1 aromatic rings. The number of alkyl carbamates (subject to hydrolysis) is 1. The standard InChI is InChI=1S/C19H32N4O6.C4H10/c1-2-29-19(25)22-8-4-10-27-12-14-28-13-11-26-9-3-7-21-18(24)16-5-6-17(20)23-15-16;1-3-4-2/h5-6,15H,2-4,7-14H2,1H3,(H2,20,23)(H,21,24)(H,22,25);3-4H2,1-2H3. The number of nitrogens with one attached hydrogen (secondary N) is 2. The van der Waals surface area contributed by atoms with E-state index in [0.717, 1.165) is 0 Å². The average molecular weight is 471 g/mol. The van der Waals surface area contributed by atoms with Crippen LogP contribution in [0.2, 0.25) is 0 Å². The highest BCUT2D eigenvalue weighted by molar-refractivity contribution is 5.93. The topological polar surface area (TPSA) is 134 Å². The maximum absolute atomic E-state index is 11.8. The lowest BCUT2D eigenvalue weighted by Gasteiger charge is -2.08. The van der Waals surface area contributed by atoms with E-state index in [1.807, 2.05) is 0 Å². The highest BCUT2D eigenvalue weighted by Gasteiger charge is 2.04. The molecule has 2 amide bonds. The number of nitrogens with two attached hydrogens (primary N) is 1. The van der Waals surface area contributed by atoms with Crippen LogP contribution >= 0.6 is 0 Å². The van der Waals surface area contributed by atoms with Crippen LogP contribution in [-0.2, 0) is 18.9 Å². The Morgan fingerprint density at radius 1 is 0.848 bits per heavy atom. The highest BCUT2D eigenvalue weighted by Crippen LogP contribution is 2.00. The van der Waals surface area contributed by atoms with E-state index in [4.69, 9.17) is 24.7 Å². The maximum Gasteiger partial charge on any atom is 0.407 e. The van der Waals surface area contributed by atoms with Crippen molar-refractivity contribution < 1.29 is 28.5 Å². The second-order valence-electron chi connectivity index (χ2n) is 6.92. The van der Waals surface area contributed by atoms with Crippen LogP contribution in [-0.4, -0.2) is 76.3 Å². The summed E-state index contributed by atoms with van der Waals surface area (Å²) in [6, 6.07) is 3.22. The predicted octanol–water partition coefficient (Wildman–Crippen LogP) is 2.78. The van der Waals surface area contributed by atoms with Gasteiger partial charge in [-0.25, -0.2) is 9.78 Å². The fraction of sp³-hybridized carbons (Fsp3) is 0.696. The number of aromatic nitrogens is 1. The smallest absolute Gasteiger partial charge is 0.407 e. The number of pyridine rings is 1. The van der Waals surface area contributed by atoms with Crippen LogP contribution in [0.15, 0.2) is 18.3 Å². The van der Waals surface area contributed by atoms with Crippen molar-refractivity contribution in [2.24, 2.45) is 0 Å². The molecular weight excluding hydrogens is 428 g/mol. The molecule has 0 atom stereocenters. The van der Waals surface area contributed by atoms with E-state index in [0.29, 0.717) is 83.6 Å². The Morgan fingerprint density at radius 3 is 1.88 bits per heavy atom. The van der Waals surface area contributed by atoms with Gasteiger partial charge in [-0.1, -0.05) is 26.7 Å². The van der Waals surface area contributed by atoms with Gasteiger partial charge < -0.3 is 35.3 Å². The number of carbonyl (C=O) groups excluding carboxylic acids is 2. The molecule has 1 heterocycles. The summed E-state index contributed by atoms with van der Waals surface area (Å²) >= 11 is 0. The number of hydrogen-bond donors (Lipinski definition) is 3. The number of nitrogen functional groups attached to an aromatic ring is 1. The van der Waals surface area contributed by atoms with Gasteiger partial charge in [-0.3, -0.25) is 4.79 Å². The lowest BCUT2D eigenvalue weighted by Crippen LogP contribution is -2.26. The summed E-state index contributed by atoms with van der Waals surface area (Å²) in [5.41, 5.74) is 5.96. The number of anilines is 1.